The van der Waals surface area contributed by atoms with E-state index in [4.69, 9.17) is 11.6 Å². The zero-order valence-corrected chi connectivity index (χ0v) is 16.8. The molecular formula is C21H19ClN6O. The summed E-state index contributed by atoms with van der Waals surface area (Å²) in [4.78, 5) is 17.0. The number of anilines is 1. The first-order valence-electron chi connectivity index (χ1n) is 9.07. The molecule has 4 rings (SSSR count). The van der Waals surface area contributed by atoms with Gasteiger partial charge in [-0.05, 0) is 49.7 Å². The van der Waals surface area contributed by atoms with Gasteiger partial charge in [-0.25, -0.2) is 14.3 Å². The van der Waals surface area contributed by atoms with Gasteiger partial charge >= 0.3 is 0 Å². The maximum absolute atomic E-state index is 12.6. The summed E-state index contributed by atoms with van der Waals surface area (Å²) < 4.78 is 3.47. The van der Waals surface area contributed by atoms with Crippen molar-refractivity contribution in [1.29, 1.82) is 0 Å². The first-order valence-corrected chi connectivity index (χ1v) is 9.45. The highest BCUT2D eigenvalue weighted by Crippen LogP contribution is 2.15. The van der Waals surface area contributed by atoms with Gasteiger partial charge in [0, 0.05) is 23.0 Å². The van der Waals surface area contributed by atoms with Crippen LogP contribution in [0.2, 0.25) is 5.02 Å². The van der Waals surface area contributed by atoms with Gasteiger partial charge in [0.05, 0.1) is 24.0 Å². The summed E-state index contributed by atoms with van der Waals surface area (Å²) in [5.74, 6) is 1.02. The molecule has 0 spiro atoms. The van der Waals surface area contributed by atoms with Crippen LogP contribution in [0.5, 0.6) is 0 Å². The third-order valence-electron chi connectivity index (χ3n) is 4.44. The lowest BCUT2D eigenvalue weighted by molar-refractivity contribution is 0.102. The Kier molecular flexibility index (Phi) is 5.14. The number of nitrogens with one attached hydrogen (secondary N) is 1. The molecule has 0 fully saturated rings. The molecule has 8 heteroatoms. The van der Waals surface area contributed by atoms with Crippen LogP contribution < -0.4 is 5.32 Å². The summed E-state index contributed by atoms with van der Waals surface area (Å²) in [7, 11) is 0. The quantitative estimate of drug-likeness (QED) is 0.542. The Labute approximate surface area is 173 Å². The number of carbonyl (C=O) groups excluding carboxylic acids is 1. The third-order valence-corrected chi connectivity index (χ3v) is 4.69. The van der Waals surface area contributed by atoms with E-state index in [1.54, 1.807) is 40.0 Å². The van der Waals surface area contributed by atoms with Crippen molar-refractivity contribution in [3.05, 3.63) is 88.5 Å². The van der Waals surface area contributed by atoms with Crippen LogP contribution in [0.25, 0.3) is 5.82 Å². The van der Waals surface area contributed by atoms with E-state index in [1.807, 2.05) is 44.2 Å². The molecule has 1 aromatic carbocycles. The Bertz CT molecular complexity index is 1140. The number of hydrogen-bond donors (Lipinski definition) is 1. The number of carbonyl (C=O) groups is 1. The number of hydrogen-bond acceptors (Lipinski definition) is 4. The summed E-state index contributed by atoms with van der Waals surface area (Å²) in [6.07, 6.45) is 3.19. The molecule has 0 aliphatic rings. The Hall–Kier alpha value is -3.45. The van der Waals surface area contributed by atoms with Crippen molar-refractivity contribution in [2.45, 2.75) is 20.4 Å². The number of nitrogens with zero attached hydrogens (tertiary/aromatic N) is 5. The van der Waals surface area contributed by atoms with Crippen LogP contribution in [0, 0.1) is 13.8 Å². The van der Waals surface area contributed by atoms with Gasteiger partial charge in [-0.3, -0.25) is 4.79 Å². The SMILES string of the molecule is Cc1cc(C)n(-c2ccc(C(=O)Nc3ccnn3Cc3ccc(Cl)cc3)cn2)n1. The molecule has 4 aromatic rings. The minimum Gasteiger partial charge on any atom is -0.307 e. The molecule has 0 aliphatic carbocycles. The molecule has 0 bridgehead atoms. The first kappa shape index (κ1) is 18.9. The average Bonchev–Trinajstić information content (AvgIpc) is 3.29. The van der Waals surface area contributed by atoms with Crippen molar-refractivity contribution in [3.8, 4) is 5.82 Å². The second-order valence-corrected chi connectivity index (χ2v) is 7.14. The van der Waals surface area contributed by atoms with Gasteiger partial charge in [0.2, 0.25) is 0 Å². The molecule has 0 saturated carbocycles. The summed E-state index contributed by atoms with van der Waals surface area (Å²) >= 11 is 5.93. The number of aromatic nitrogens is 5. The number of benzene rings is 1. The van der Waals surface area contributed by atoms with Crippen molar-refractivity contribution >= 4 is 23.3 Å². The molecule has 29 heavy (non-hydrogen) atoms. The zero-order chi connectivity index (χ0) is 20.4. The monoisotopic (exact) mass is 406 g/mol. The third kappa shape index (κ3) is 4.20. The van der Waals surface area contributed by atoms with Gasteiger partial charge in [-0.15, -0.1) is 0 Å². The lowest BCUT2D eigenvalue weighted by Gasteiger charge is -2.10. The van der Waals surface area contributed by atoms with E-state index < -0.39 is 0 Å². The molecule has 0 radical (unpaired) electrons. The van der Waals surface area contributed by atoms with E-state index in [0.717, 1.165) is 17.0 Å². The number of pyridine rings is 1. The Morgan fingerprint density at radius 3 is 2.55 bits per heavy atom. The van der Waals surface area contributed by atoms with E-state index in [0.29, 0.717) is 28.8 Å². The summed E-state index contributed by atoms with van der Waals surface area (Å²) in [5, 5.41) is 12.3. The number of rotatable bonds is 5. The van der Waals surface area contributed by atoms with Gasteiger partial charge in [0.1, 0.15) is 5.82 Å². The fourth-order valence-corrected chi connectivity index (χ4v) is 3.15. The highest BCUT2D eigenvalue weighted by molar-refractivity contribution is 6.30. The van der Waals surface area contributed by atoms with Gasteiger partial charge in [-0.2, -0.15) is 10.2 Å². The second-order valence-electron chi connectivity index (χ2n) is 6.70. The van der Waals surface area contributed by atoms with E-state index in [-0.39, 0.29) is 5.91 Å². The highest BCUT2D eigenvalue weighted by atomic mass is 35.5. The zero-order valence-electron chi connectivity index (χ0n) is 16.0. The lowest BCUT2D eigenvalue weighted by atomic mass is 10.2. The second kappa shape index (κ2) is 7.89. The molecule has 3 aromatic heterocycles. The maximum Gasteiger partial charge on any atom is 0.258 e. The number of amides is 1. The Balaban J connectivity index is 1.48. The van der Waals surface area contributed by atoms with Crippen LogP contribution >= 0.6 is 11.6 Å². The normalized spacial score (nSPS) is 10.9. The topological polar surface area (TPSA) is 77.6 Å². The van der Waals surface area contributed by atoms with Crippen LogP contribution in [-0.4, -0.2) is 30.5 Å². The Morgan fingerprint density at radius 2 is 1.90 bits per heavy atom. The van der Waals surface area contributed by atoms with Gasteiger partial charge in [-0.1, -0.05) is 23.7 Å². The van der Waals surface area contributed by atoms with Crippen LogP contribution in [0.3, 0.4) is 0 Å². The van der Waals surface area contributed by atoms with Crippen molar-refractivity contribution < 1.29 is 4.79 Å². The van der Waals surface area contributed by atoms with Crippen LogP contribution in [0.1, 0.15) is 27.3 Å². The Morgan fingerprint density at radius 1 is 1.10 bits per heavy atom. The van der Waals surface area contributed by atoms with E-state index in [9.17, 15) is 4.79 Å². The average molecular weight is 407 g/mol. The summed E-state index contributed by atoms with van der Waals surface area (Å²) in [5.41, 5.74) is 3.39. The largest absolute Gasteiger partial charge is 0.307 e. The van der Waals surface area contributed by atoms with E-state index >= 15 is 0 Å². The molecular weight excluding hydrogens is 388 g/mol. The number of halogens is 1. The van der Waals surface area contributed by atoms with Crippen LogP contribution in [0.15, 0.2) is 60.9 Å². The number of aryl methyl sites for hydroxylation is 2. The predicted octanol–water partition coefficient (Wildman–Crippen LogP) is 4.03. The van der Waals surface area contributed by atoms with Crippen molar-refractivity contribution in [3.63, 3.8) is 0 Å². The maximum atomic E-state index is 12.6. The molecule has 0 aliphatic heterocycles. The van der Waals surface area contributed by atoms with Crippen molar-refractivity contribution in [2.75, 3.05) is 5.32 Å². The van der Waals surface area contributed by atoms with E-state index in [1.165, 1.54) is 0 Å². The molecule has 7 nitrogen and oxygen atoms in total. The minimum absolute atomic E-state index is 0.254. The fourth-order valence-electron chi connectivity index (χ4n) is 3.02. The summed E-state index contributed by atoms with van der Waals surface area (Å²) in [6, 6.07) is 14.8. The molecule has 0 saturated heterocycles. The highest BCUT2D eigenvalue weighted by Gasteiger charge is 2.12. The van der Waals surface area contributed by atoms with Crippen molar-refractivity contribution in [2.24, 2.45) is 0 Å². The summed E-state index contributed by atoms with van der Waals surface area (Å²) in [6.45, 7) is 4.41. The molecule has 146 valence electrons. The predicted molar refractivity (Wildman–Crippen MR) is 112 cm³/mol. The van der Waals surface area contributed by atoms with Crippen LogP contribution in [-0.2, 0) is 6.54 Å². The van der Waals surface area contributed by atoms with Gasteiger partial charge < -0.3 is 5.32 Å². The van der Waals surface area contributed by atoms with Crippen molar-refractivity contribution in [1.82, 2.24) is 24.5 Å². The standard InChI is InChI=1S/C21H19ClN6O/c1-14-11-15(2)28(26-14)19-8-5-17(12-23-19)21(29)25-20-9-10-24-27(20)13-16-3-6-18(22)7-4-16/h3-12H,13H2,1-2H3,(H,25,29). The minimum atomic E-state index is -0.254. The van der Waals surface area contributed by atoms with Gasteiger partial charge in [0.25, 0.3) is 5.91 Å². The lowest BCUT2D eigenvalue weighted by Crippen LogP contribution is -2.16. The van der Waals surface area contributed by atoms with Crippen LogP contribution in [0.4, 0.5) is 5.82 Å². The first-order chi connectivity index (χ1) is 14.0. The molecule has 3 heterocycles. The van der Waals surface area contributed by atoms with Gasteiger partial charge in [0.15, 0.2) is 5.82 Å². The smallest absolute Gasteiger partial charge is 0.258 e. The molecule has 1 N–H and O–H groups in total. The fraction of sp³-hybridized carbons (Fsp3) is 0.143. The molecule has 0 unspecified atom stereocenters. The van der Waals surface area contributed by atoms with E-state index in [2.05, 4.69) is 20.5 Å². The molecule has 0 atom stereocenters. The molecule has 1 amide bonds.